The molecule has 7 nitrogen and oxygen atoms in total. The molecule has 3 aromatic rings. The summed E-state index contributed by atoms with van der Waals surface area (Å²) in [5, 5.41) is 4.06. The average Bonchev–Trinajstić information content (AvgIpc) is 3.14. The zero-order chi connectivity index (χ0) is 20.3. The van der Waals surface area contributed by atoms with Gasteiger partial charge in [-0.25, -0.2) is 8.42 Å². The highest BCUT2D eigenvalue weighted by Crippen LogP contribution is 2.21. The van der Waals surface area contributed by atoms with Gasteiger partial charge in [0.2, 0.25) is 5.91 Å². The molecular formula is C21H24N4O3S. The third-order valence-electron chi connectivity index (χ3n) is 5.38. The topological polar surface area (TPSA) is 95.2 Å². The van der Waals surface area contributed by atoms with Gasteiger partial charge in [-0.05, 0) is 30.2 Å². The standard InChI is InChI=1S/C21H24N4O3S/c26-21(24-15-17-5-3-4-8-22-17)20(25-9-11-29(27,28)12-10-25)13-16-14-23-19-7-2-1-6-18(16)19/h1-8,14,20,23H,9-13,15H2,(H,24,26)/t20-/m1/s1. The predicted octanol–water partition coefficient (Wildman–Crippen LogP) is 1.52. The highest BCUT2D eigenvalue weighted by atomic mass is 32.2. The van der Waals surface area contributed by atoms with E-state index in [0.29, 0.717) is 26.1 Å². The van der Waals surface area contributed by atoms with E-state index in [1.54, 1.807) is 6.20 Å². The molecule has 1 atom stereocenters. The largest absolute Gasteiger partial charge is 0.361 e. The zero-order valence-corrected chi connectivity index (χ0v) is 16.9. The molecule has 1 saturated heterocycles. The van der Waals surface area contributed by atoms with Gasteiger partial charge in [0.1, 0.15) is 0 Å². The maximum atomic E-state index is 13.1. The van der Waals surface area contributed by atoms with Crippen molar-refractivity contribution in [1.82, 2.24) is 20.2 Å². The number of carbonyl (C=O) groups excluding carboxylic acids is 1. The maximum Gasteiger partial charge on any atom is 0.238 e. The second-order valence-electron chi connectivity index (χ2n) is 7.31. The van der Waals surface area contributed by atoms with Crippen molar-refractivity contribution in [2.75, 3.05) is 24.6 Å². The Morgan fingerprint density at radius 2 is 1.90 bits per heavy atom. The van der Waals surface area contributed by atoms with E-state index in [1.807, 2.05) is 53.6 Å². The van der Waals surface area contributed by atoms with Gasteiger partial charge >= 0.3 is 0 Å². The predicted molar refractivity (Wildman–Crippen MR) is 112 cm³/mol. The number of aromatic amines is 1. The summed E-state index contributed by atoms with van der Waals surface area (Å²) in [6, 6.07) is 13.1. The number of para-hydroxylation sites is 1. The molecule has 3 heterocycles. The second kappa shape index (κ2) is 8.34. The Morgan fingerprint density at radius 3 is 2.66 bits per heavy atom. The van der Waals surface area contributed by atoms with Crippen LogP contribution >= 0.6 is 0 Å². The molecule has 0 saturated carbocycles. The molecule has 0 bridgehead atoms. The number of pyridine rings is 1. The molecule has 152 valence electrons. The minimum atomic E-state index is -3.02. The summed E-state index contributed by atoms with van der Waals surface area (Å²) in [6.45, 7) is 1.08. The molecule has 2 N–H and O–H groups in total. The van der Waals surface area contributed by atoms with Gasteiger partial charge in [-0.1, -0.05) is 24.3 Å². The third-order valence-corrected chi connectivity index (χ3v) is 6.99. The minimum absolute atomic E-state index is 0.0882. The van der Waals surface area contributed by atoms with Crippen molar-refractivity contribution in [3.8, 4) is 0 Å². The van der Waals surface area contributed by atoms with Crippen LogP contribution in [-0.4, -0.2) is 59.8 Å². The van der Waals surface area contributed by atoms with Crippen LogP contribution in [0.5, 0.6) is 0 Å². The maximum absolute atomic E-state index is 13.1. The molecule has 8 heteroatoms. The number of hydrogen-bond acceptors (Lipinski definition) is 5. The van der Waals surface area contributed by atoms with Crippen LogP contribution in [0.3, 0.4) is 0 Å². The highest BCUT2D eigenvalue weighted by molar-refractivity contribution is 7.91. The number of aromatic nitrogens is 2. The summed E-state index contributed by atoms with van der Waals surface area (Å²) in [5.74, 6) is 0.0655. The van der Waals surface area contributed by atoms with Crippen molar-refractivity contribution < 1.29 is 13.2 Å². The van der Waals surface area contributed by atoms with Gasteiger partial charge in [0.05, 0.1) is 29.8 Å². The van der Waals surface area contributed by atoms with E-state index < -0.39 is 15.9 Å². The number of rotatable bonds is 6. The fourth-order valence-corrected chi connectivity index (χ4v) is 4.96. The number of hydrogen-bond donors (Lipinski definition) is 2. The van der Waals surface area contributed by atoms with E-state index in [1.165, 1.54) is 0 Å². The fraction of sp³-hybridized carbons (Fsp3) is 0.333. The van der Waals surface area contributed by atoms with Gasteiger partial charge in [0.15, 0.2) is 9.84 Å². The lowest BCUT2D eigenvalue weighted by Crippen LogP contribution is -2.53. The van der Waals surface area contributed by atoms with E-state index in [4.69, 9.17) is 0 Å². The summed E-state index contributed by atoms with van der Waals surface area (Å²) >= 11 is 0. The minimum Gasteiger partial charge on any atom is -0.361 e. The molecule has 0 aliphatic carbocycles. The van der Waals surface area contributed by atoms with Gasteiger partial charge in [0.25, 0.3) is 0 Å². The smallest absolute Gasteiger partial charge is 0.238 e. The van der Waals surface area contributed by atoms with E-state index in [2.05, 4.69) is 15.3 Å². The lowest BCUT2D eigenvalue weighted by molar-refractivity contribution is -0.126. The summed E-state index contributed by atoms with van der Waals surface area (Å²) in [6.07, 6.45) is 4.14. The number of fused-ring (bicyclic) bond motifs is 1. The fourth-order valence-electron chi connectivity index (χ4n) is 3.73. The van der Waals surface area contributed by atoms with Crippen LogP contribution in [0.15, 0.2) is 54.9 Å². The SMILES string of the molecule is O=C(NCc1ccccn1)[C@@H](Cc1c[nH]c2ccccc12)N1CCS(=O)(=O)CC1. The number of nitrogens with zero attached hydrogens (tertiary/aromatic N) is 2. The number of benzene rings is 1. The van der Waals surface area contributed by atoms with Crippen molar-refractivity contribution in [3.05, 3.63) is 66.1 Å². The van der Waals surface area contributed by atoms with Gasteiger partial charge < -0.3 is 10.3 Å². The first-order chi connectivity index (χ1) is 14.0. The van der Waals surface area contributed by atoms with Crippen molar-refractivity contribution in [2.45, 2.75) is 19.0 Å². The number of amides is 1. The van der Waals surface area contributed by atoms with Crippen LogP contribution < -0.4 is 5.32 Å². The van der Waals surface area contributed by atoms with Gasteiger partial charge in [-0.15, -0.1) is 0 Å². The Kier molecular flexibility index (Phi) is 5.64. The van der Waals surface area contributed by atoms with Crippen molar-refractivity contribution >= 4 is 26.6 Å². The summed E-state index contributed by atoms with van der Waals surface area (Å²) < 4.78 is 23.7. The van der Waals surface area contributed by atoms with Crippen molar-refractivity contribution in [2.24, 2.45) is 0 Å². The zero-order valence-electron chi connectivity index (χ0n) is 16.0. The molecule has 0 radical (unpaired) electrons. The first kappa shape index (κ1) is 19.6. The monoisotopic (exact) mass is 412 g/mol. The summed E-state index contributed by atoms with van der Waals surface area (Å²) in [4.78, 5) is 22.6. The molecule has 1 aliphatic heterocycles. The first-order valence-electron chi connectivity index (χ1n) is 9.69. The van der Waals surface area contributed by atoms with Crippen LogP contribution in [-0.2, 0) is 27.6 Å². The highest BCUT2D eigenvalue weighted by Gasteiger charge is 2.32. The lowest BCUT2D eigenvalue weighted by Gasteiger charge is -2.33. The van der Waals surface area contributed by atoms with Crippen LogP contribution in [0.1, 0.15) is 11.3 Å². The average molecular weight is 413 g/mol. The number of nitrogens with one attached hydrogen (secondary N) is 2. The Bertz CT molecular complexity index is 1080. The number of sulfone groups is 1. The Morgan fingerprint density at radius 1 is 1.14 bits per heavy atom. The van der Waals surface area contributed by atoms with Crippen LogP contribution in [0.2, 0.25) is 0 Å². The summed E-state index contributed by atoms with van der Waals surface area (Å²) in [7, 11) is -3.02. The molecule has 1 aliphatic rings. The molecule has 4 rings (SSSR count). The van der Waals surface area contributed by atoms with E-state index in [0.717, 1.165) is 22.2 Å². The summed E-state index contributed by atoms with van der Waals surface area (Å²) in [5.41, 5.74) is 2.86. The molecule has 29 heavy (non-hydrogen) atoms. The van der Waals surface area contributed by atoms with Gasteiger partial charge in [-0.3, -0.25) is 14.7 Å². The van der Waals surface area contributed by atoms with Crippen molar-refractivity contribution in [3.63, 3.8) is 0 Å². The Balaban J connectivity index is 1.54. The van der Waals surface area contributed by atoms with Gasteiger partial charge in [-0.2, -0.15) is 0 Å². The van der Waals surface area contributed by atoms with E-state index >= 15 is 0 Å². The molecule has 1 aromatic carbocycles. The number of H-pyrrole nitrogens is 1. The Hall–Kier alpha value is -2.71. The third kappa shape index (κ3) is 4.65. The molecule has 2 aromatic heterocycles. The van der Waals surface area contributed by atoms with Crippen LogP contribution in [0, 0.1) is 0 Å². The van der Waals surface area contributed by atoms with Gasteiger partial charge in [0, 0.05) is 36.4 Å². The lowest BCUT2D eigenvalue weighted by atomic mass is 10.0. The number of carbonyl (C=O) groups is 1. The molecular weight excluding hydrogens is 388 g/mol. The normalized spacial score (nSPS) is 17.8. The molecule has 1 fully saturated rings. The van der Waals surface area contributed by atoms with E-state index in [9.17, 15) is 13.2 Å². The molecule has 1 amide bonds. The Labute approximate surface area is 170 Å². The first-order valence-corrected chi connectivity index (χ1v) is 11.5. The quantitative estimate of drug-likeness (QED) is 0.640. The van der Waals surface area contributed by atoms with Crippen molar-refractivity contribution in [1.29, 1.82) is 0 Å². The molecule has 0 spiro atoms. The second-order valence-corrected chi connectivity index (χ2v) is 9.61. The van der Waals surface area contributed by atoms with Crippen LogP contribution in [0.4, 0.5) is 0 Å². The van der Waals surface area contributed by atoms with Crippen LogP contribution in [0.25, 0.3) is 10.9 Å². The van der Waals surface area contributed by atoms with E-state index in [-0.39, 0.29) is 17.4 Å². The molecule has 0 unspecified atom stereocenters.